The summed E-state index contributed by atoms with van der Waals surface area (Å²) in [4.78, 5) is 15.3. The van der Waals surface area contributed by atoms with Crippen molar-refractivity contribution in [1.82, 2.24) is 5.32 Å². The zero-order chi connectivity index (χ0) is 26.1. The van der Waals surface area contributed by atoms with Crippen LogP contribution in [0.1, 0.15) is 19.8 Å². The van der Waals surface area contributed by atoms with Crippen LogP contribution in [-0.2, 0) is 23.7 Å². The molecule has 204 valence electrons. The number of aliphatic hydroxyl groups excluding tert-OH is 6. The third kappa shape index (κ3) is 9.27. The van der Waals surface area contributed by atoms with Gasteiger partial charge in [-0.3, -0.25) is 9.79 Å². The van der Waals surface area contributed by atoms with Gasteiger partial charge in [-0.05, 0) is 25.0 Å². The molecule has 1 amide bonds. The summed E-state index contributed by atoms with van der Waals surface area (Å²) in [5.74, 6) is -0.388. The minimum Gasteiger partial charge on any atom is -0.862 e. The van der Waals surface area contributed by atoms with Crippen LogP contribution >= 0.6 is 12.6 Å². The molecule has 0 aromatic rings. The third-order valence-electron chi connectivity index (χ3n) is 5.56. The van der Waals surface area contributed by atoms with E-state index in [2.05, 4.69) is 22.9 Å². The summed E-state index contributed by atoms with van der Waals surface area (Å²) in [6.45, 7) is 0.185. The van der Waals surface area contributed by atoms with E-state index in [1.807, 2.05) is 0 Å². The molecule has 14 nitrogen and oxygen atoms in total. The first-order chi connectivity index (χ1) is 16.6. The first kappa shape index (κ1) is 33.9. The maximum atomic E-state index is 11.7. The Hall–Kier alpha value is -0.110. The normalized spacial score (nSPS) is 37.3. The second-order valence-electron chi connectivity index (χ2n) is 8.20. The largest absolute Gasteiger partial charge is 1.00 e. The Balaban J connectivity index is 0.00000648. The maximum Gasteiger partial charge on any atom is 1.00 e. The van der Waals surface area contributed by atoms with Crippen molar-refractivity contribution >= 4 is 24.4 Å². The van der Waals surface area contributed by atoms with Crippen LogP contribution in [0.25, 0.3) is 0 Å². The van der Waals surface area contributed by atoms with Crippen molar-refractivity contribution in [3.05, 3.63) is 0 Å². The molecule has 36 heavy (non-hydrogen) atoms. The Bertz CT molecular complexity index is 689. The van der Waals surface area contributed by atoms with Gasteiger partial charge in [-0.2, -0.15) is 12.6 Å². The molecule has 16 heteroatoms. The van der Waals surface area contributed by atoms with Crippen LogP contribution in [0.3, 0.4) is 0 Å². The van der Waals surface area contributed by atoms with E-state index < -0.39 is 80.5 Å². The molecular formula is C20H35N2NaO12S. The minimum absolute atomic E-state index is 0. The van der Waals surface area contributed by atoms with Gasteiger partial charge in [-0.25, -0.2) is 0 Å². The molecule has 0 aromatic carbocycles. The average molecular weight is 551 g/mol. The van der Waals surface area contributed by atoms with E-state index in [1.54, 1.807) is 0 Å². The molecule has 0 spiro atoms. The fourth-order valence-electron chi connectivity index (χ4n) is 3.73. The van der Waals surface area contributed by atoms with E-state index in [0.717, 1.165) is 6.92 Å². The van der Waals surface area contributed by atoms with Crippen LogP contribution in [0.4, 0.5) is 0 Å². The van der Waals surface area contributed by atoms with Crippen LogP contribution in [0.15, 0.2) is 4.99 Å². The van der Waals surface area contributed by atoms with Crippen LogP contribution in [0.5, 0.6) is 0 Å². The summed E-state index contributed by atoms with van der Waals surface area (Å²) < 4.78 is 22.2. The van der Waals surface area contributed by atoms with Crippen molar-refractivity contribution in [2.75, 3.05) is 32.1 Å². The molecule has 2 rings (SSSR count). The standard InChI is InChI=1S/C20H36N2O12S.Na/c1-9(25)22-13-15(28)18(34-20-17(30)16(29)14(27)10(7-23)32-20)11(8-24)33-19(13)31-5-2-4-21-12(26)3-6-35;/h10-11,13-20,23-24,27-30,35H,2-8H2,1H3,(H,21,26)(H,22,25);/q;+1/p-1/t10-,11-,13-,14+,15-,16+,17-,18-,19-,20+;/m1./s1. The molecule has 10 atom stereocenters. The van der Waals surface area contributed by atoms with Crippen molar-refractivity contribution in [2.24, 2.45) is 4.99 Å². The number of hydrogen-bond acceptors (Lipinski definition) is 14. The van der Waals surface area contributed by atoms with Gasteiger partial charge in [0.05, 0.1) is 19.8 Å². The average Bonchev–Trinajstić information content (AvgIpc) is 2.82. The number of aliphatic imine (C=N–C) groups is 1. The molecule has 2 fully saturated rings. The second-order valence-corrected chi connectivity index (χ2v) is 8.65. The summed E-state index contributed by atoms with van der Waals surface area (Å²) >= 11 is 3.98. The zero-order valence-electron chi connectivity index (χ0n) is 20.3. The molecule has 0 saturated carbocycles. The van der Waals surface area contributed by atoms with E-state index >= 15 is 0 Å². The number of rotatable bonds is 12. The molecular weight excluding hydrogens is 515 g/mol. The van der Waals surface area contributed by atoms with Crippen molar-refractivity contribution in [3.8, 4) is 0 Å². The van der Waals surface area contributed by atoms with Crippen LogP contribution in [0.2, 0.25) is 0 Å². The minimum atomic E-state index is -1.76. The van der Waals surface area contributed by atoms with E-state index in [1.165, 1.54) is 0 Å². The number of aliphatic hydroxyl groups is 6. The predicted octanol–water partition coefficient (Wildman–Crippen LogP) is -7.76. The number of carbonyl (C=O) groups excluding carboxylic acids is 1. The van der Waals surface area contributed by atoms with Gasteiger partial charge in [0, 0.05) is 13.0 Å². The van der Waals surface area contributed by atoms with Gasteiger partial charge in [0.2, 0.25) is 5.91 Å². The van der Waals surface area contributed by atoms with Crippen LogP contribution in [0, 0.1) is 0 Å². The monoisotopic (exact) mass is 550 g/mol. The van der Waals surface area contributed by atoms with E-state index in [4.69, 9.17) is 18.9 Å². The van der Waals surface area contributed by atoms with Crippen molar-refractivity contribution < 1.29 is 89.0 Å². The summed E-state index contributed by atoms with van der Waals surface area (Å²) in [6, 6.07) is -1.27. The summed E-state index contributed by atoms with van der Waals surface area (Å²) in [5, 5.41) is 74.6. The van der Waals surface area contributed by atoms with Crippen LogP contribution < -0.4 is 40.0 Å². The Morgan fingerprint density at radius 3 is 2.25 bits per heavy atom. The number of ether oxygens (including phenoxy) is 4. The zero-order valence-corrected chi connectivity index (χ0v) is 23.1. The SMILES string of the molecule is CC([O-])=N[C@H]1[C@H](OCCCNC(=O)CCS)O[C@H](CO)[C@@H](O[C@@H]2O[C@H](CO)[C@H](O)[C@H](O)[C@H]2O)[C@@H]1O.[Na+]. The molecule has 0 aliphatic carbocycles. The van der Waals surface area contributed by atoms with E-state index in [9.17, 15) is 40.5 Å². The molecule has 2 aliphatic heterocycles. The number of carbonyl (C=O) groups is 1. The first-order valence-corrected chi connectivity index (χ1v) is 11.9. The van der Waals surface area contributed by atoms with E-state index in [-0.39, 0.29) is 48.5 Å². The van der Waals surface area contributed by atoms with Gasteiger partial charge in [-0.15, -0.1) is 0 Å². The van der Waals surface area contributed by atoms with Gasteiger partial charge in [0.25, 0.3) is 0 Å². The Morgan fingerprint density at radius 1 is 1.03 bits per heavy atom. The molecule has 2 aliphatic rings. The topological polar surface area (TPSA) is 223 Å². The van der Waals surface area contributed by atoms with Crippen molar-refractivity contribution in [1.29, 1.82) is 0 Å². The van der Waals surface area contributed by atoms with Gasteiger partial charge in [0.15, 0.2) is 12.6 Å². The molecule has 2 heterocycles. The van der Waals surface area contributed by atoms with Gasteiger partial charge >= 0.3 is 29.6 Å². The fourth-order valence-corrected chi connectivity index (χ4v) is 3.93. The van der Waals surface area contributed by atoms with Gasteiger partial charge in [-0.1, -0.05) is 0 Å². The molecule has 0 aromatic heterocycles. The van der Waals surface area contributed by atoms with Crippen LogP contribution in [-0.4, -0.2) is 136 Å². The Kier molecular flexibility index (Phi) is 15.8. The smallest absolute Gasteiger partial charge is 0.862 e. The number of hydrogen-bond donors (Lipinski definition) is 8. The van der Waals surface area contributed by atoms with Crippen molar-refractivity contribution in [3.63, 3.8) is 0 Å². The first-order valence-electron chi connectivity index (χ1n) is 11.3. The predicted molar refractivity (Wildman–Crippen MR) is 119 cm³/mol. The number of nitrogens with one attached hydrogen (secondary N) is 1. The number of nitrogens with zero attached hydrogens (tertiary/aromatic N) is 1. The Morgan fingerprint density at radius 2 is 1.67 bits per heavy atom. The summed E-state index contributed by atoms with van der Waals surface area (Å²) in [6.07, 6.45) is -12.7. The fraction of sp³-hybridized carbons (Fsp3) is 0.900. The van der Waals surface area contributed by atoms with Crippen molar-refractivity contribution in [2.45, 2.75) is 81.1 Å². The van der Waals surface area contributed by atoms with Gasteiger partial charge < -0.3 is 60.0 Å². The second kappa shape index (κ2) is 16.8. The molecule has 0 bridgehead atoms. The number of amides is 1. The quantitative estimate of drug-likeness (QED) is 0.0373. The molecule has 2 saturated heterocycles. The number of thiol groups is 1. The third-order valence-corrected chi connectivity index (χ3v) is 5.78. The molecule has 0 unspecified atom stereocenters. The maximum absolute atomic E-state index is 11.7. The molecule has 0 radical (unpaired) electrons. The summed E-state index contributed by atoms with van der Waals surface area (Å²) in [5.41, 5.74) is 0. The summed E-state index contributed by atoms with van der Waals surface area (Å²) in [7, 11) is 0. The van der Waals surface area contributed by atoms with E-state index in [0.29, 0.717) is 18.7 Å². The Labute approximate surface area is 236 Å². The van der Waals surface area contributed by atoms with Gasteiger partial charge in [0.1, 0.15) is 48.8 Å². The molecule has 7 N–H and O–H groups in total.